The Labute approximate surface area is 107 Å². The number of pyridine rings is 1. The van der Waals surface area contributed by atoms with Crippen LogP contribution < -0.4 is 10.1 Å². The molecule has 1 aliphatic rings. The minimum atomic E-state index is -2.72. The number of hydrogen-bond acceptors (Lipinski definition) is 5. The summed E-state index contributed by atoms with van der Waals surface area (Å²) in [5, 5.41) is 2.23. The van der Waals surface area contributed by atoms with Crippen LogP contribution in [-0.2, 0) is 9.47 Å². The molecule has 0 spiro atoms. The molecule has 0 radical (unpaired) electrons. The van der Waals surface area contributed by atoms with E-state index in [9.17, 15) is 13.6 Å². The third kappa shape index (κ3) is 3.15. The number of nitrogens with one attached hydrogen (secondary N) is 1. The fourth-order valence-electron chi connectivity index (χ4n) is 1.56. The molecule has 19 heavy (non-hydrogen) atoms. The molecule has 1 aromatic heterocycles. The third-order valence-corrected chi connectivity index (χ3v) is 2.41. The quantitative estimate of drug-likeness (QED) is 0.909. The summed E-state index contributed by atoms with van der Waals surface area (Å²) in [4.78, 5) is 14.9. The fraction of sp³-hybridized carbons (Fsp3) is 0.455. The number of aromatic nitrogens is 1. The first-order valence-corrected chi connectivity index (χ1v) is 5.53. The molecule has 0 unspecified atom stereocenters. The molecule has 0 bridgehead atoms. The monoisotopic (exact) mass is 274 g/mol. The number of rotatable bonds is 3. The molecule has 1 N–H and O–H groups in total. The van der Waals surface area contributed by atoms with Crippen LogP contribution in [0.15, 0.2) is 12.1 Å². The molecule has 2 rings (SSSR count). The number of ether oxygens (including phenoxy) is 3. The first-order valence-electron chi connectivity index (χ1n) is 5.53. The highest BCUT2D eigenvalue weighted by molar-refractivity contribution is 5.69. The van der Waals surface area contributed by atoms with Gasteiger partial charge >= 0.3 is 6.09 Å². The highest BCUT2D eigenvalue weighted by Crippen LogP contribution is 2.32. The number of carbonyl (C=O) groups is 1. The normalized spacial score (nSPS) is 15.8. The van der Waals surface area contributed by atoms with Crippen LogP contribution in [0.1, 0.15) is 24.0 Å². The summed E-state index contributed by atoms with van der Waals surface area (Å²) in [6.07, 6.45) is -4.42. The molecule has 1 amide bonds. The van der Waals surface area contributed by atoms with Crippen LogP contribution in [-0.4, -0.2) is 31.3 Å². The van der Waals surface area contributed by atoms with Gasteiger partial charge in [-0.1, -0.05) is 0 Å². The highest BCUT2D eigenvalue weighted by atomic mass is 19.3. The van der Waals surface area contributed by atoms with Crippen LogP contribution in [0.3, 0.4) is 0 Å². The first-order chi connectivity index (χ1) is 9.11. The van der Waals surface area contributed by atoms with Gasteiger partial charge in [-0.25, -0.2) is 18.6 Å². The summed E-state index contributed by atoms with van der Waals surface area (Å²) >= 11 is 0. The molecular formula is C11H12F2N2O4. The van der Waals surface area contributed by atoms with E-state index in [1.165, 1.54) is 13.1 Å². The lowest BCUT2D eigenvalue weighted by atomic mass is 10.2. The van der Waals surface area contributed by atoms with Gasteiger partial charge in [0.25, 0.3) is 6.43 Å². The third-order valence-electron chi connectivity index (χ3n) is 2.41. The number of nitrogens with zero attached hydrogens (tertiary/aromatic N) is 1. The predicted octanol–water partition coefficient (Wildman–Crippen LogP) is 1.78. The van der Waals surface area contributed by atoms with Gasteiger partial charge in [0.1, 0.15) is 5.69 Å². The van der Waals surface area contributed by atoms with Crippen LogP contribution >= 0.6 is 0 Å². The molecule has 0 saturated carbocycles. The smallest absolute Gasteiger partial charge is 0.391 e. The van der Waals surface area contributed by atoms with Crippen molar-refractivity contribution < 1.29 is 27.8 Å². The molecule has 1 aromatic rings. The van der Waals surface area contributed by atoms with Crippen LogP contribution in [0, 0.1) is 0 Å². The average molecular weight is 274 g/mol. The number of amides is 1. The van der Waals surface area contributed by atoms with Gasteiger partial charge in [-0.15, -0.1) is 0 Å². The minimum absolute atomic E-state index is 0.0751. The van der Waals surface area contributed by atoms with E-state index in [1.54, 1.807) is 0 Å². The maximum Gasteiger partial charge on any atom is 0.413 e. The Morgan fingerprint density at radius 3 is 2.74 bits per heavy atom. The van der Waals surface area contributed by atoms with Gasteiger partial charge in [0.05, 0.1) is 13.2 Å². The van der Waals surface area contributed by atoms with Gasteiger partial charge in [0.15, 0.2) is 0 Å². The summed E-state index contributed by atoms with van der Waals surface area (Å²) in [5.41, 5.74) is -0.384. The van der Waals surface area contributed by atoms with Crippen molar-refractivity contribution in [1.82, 2.24) is 10.3 Å². The minimum Gasteiger partial charge on any atom is -0.391 e. The van der Waals surface area contributed by atoms with E-state index in [1.807, 2.05) is 0 Å². The van der Waals surface area contributed by atoms with Gasteiger partial charge in [-0.05, 0) is 6.07 Å². The molecule has 6 nitrogen and oxygen atoms in total. The van der Waals surface area contributed by atoms with Crippen molar-refractivity contribution in [3.63, 3.8) is 0 Å². The lowest BCUT2D eigenvalue weighted by Gasteiger charge is -2.14. The van der Waals surface area contributed by atoms with Crippen molar-refractivity contribution in [1.29, 1.82) is 0 Å². The molecule has 8 heteroatoms. The number of halogens is 2. The van der Waals surface area contributed by atoms with E-state index in [-0.39, 0.29) is 17.1 Å². The summed E-state index contributed by atoms with van der Waals surface area (Å²) in [6.45, 7) is 0.602. The lowest BCUT2D eigenvalue weighted by Crippen LogP contribution is -2.23. The second-order valence-electron chi connectivity index (χ2n) is 3.64. The molecular weight excluding hydrogens is 262 g/mol. The summed E-state index contributed by atoms with van der Waals surface area (Å²) < 4.78 is 40.8. The molecule has 1 aliphatic heterocycles. The SMILES string of the molecule is CNC(=O)Oc1ccc(C(F)F)c(C2OCCO2)n1. The van der Waals surface area contributed by atoms with Crippen molar-refractivity contribution in [3.05, 3.63) is 23.4 Å². The van der Waals surface area contributed by atoms with E-state index in [4.69, 9.17) is 14.2 Å². The van der Waals surface area contributed by atoms with E-state index in [2.05, 4.69) is 10.3 Å². The largest absolute Gasteiger partial charge is 0.413 e. The van der Waals surface area contributed by atoms with Crippen LogP contribution in [0.25, 0.3) is 0 Å². The molecule has 2 heterocycles. The van der Waals surface area contributed by atoms with Crippen LogP contribution in [0.2, 0.25) is 0 Å². The van der Waals surface area contributed by atoms with E-state index >= 15 is 0 Å². The Kier molecular flexibility index (Phi) is 4.23. The zero-order chi connectivity index (χ0) is 13.8. The molecule has 0 atom stereocenters. The Bertz CT molecular complexity index is 464. The van der Waals surface area contributed by atoms with Gasteiger partial charge in [0.2, 0.25) is 12.2 Å². The van der Waals surface area contributed by atoms with Crippen molar-refractivity contribution in [2.45, 2.75) is 12.7 Å². The second-order valence-corrected chi connectivity index (χ2v) is 3.64. The second kappa shape index (κ2) is 5.89. The topological polar surface area (TPSA) is 69.7 Å². The number of alkyl halides is 2. The van der Waals surface area contributed by atoms with Gasteiger partial charge in [-0.3, -0.25) is 0 Å². The predicted molar refractivity (Wildman–Crippen MR) is 58.9 cm³/mol. The summed E-state index contributed by atoms with van der Waals surface area (Å²) in [6, 6.07) is 2.32. The fourth-order valence-corrected chi connectivity index (χ4v) is 1.56. The first kappa shape index (κ1) is 13.6. The Morgan fingerprint density at radius 1 is 1.47 bits per heavy atom. The van der Waals surface area contributed by atoms with Crippen LogP contribution in [0.4, 0.5) is 13.6 Å². The van der Waals surface area contributed by atoms with Crippen molar-refractivity contribution in [2.75, 3.05) is 20.3 Å². The van der Waals surface area contributed by atoms with Crippen molar-refractivity contribution in [3.8, 4) is 5.88 Å². The van der Waals surface area contributed by atoms with Gasteiger partial charge in [0, 0.05) is 18.7 Å². The Morgan fingerprint density at radius 2 is 2.16 bits per heavy atom. The highest BCUT2D eigenvalue weighted by Gasteiger charge is 2.27. The Balaban J connectivity index is 2.29. The van der Waals surface area contributed by atoms with Crippen molar-refractivity contribution >= 4 is 6.09 Å². The molecule has 1 fully saturated rings. The number of carbonyl (C=O) groups excluding carboxylic acids is 1. The molecule has 1 saturated heterocycles. The standard InChI is InChI=1S/C11H12F2N2O4/c1-14-11(16)19-7-3-2-6(9(12)13)8(15-7)10-17-4-5-18-10/h2-3,9-10H,4-5H2,1H3,(H,14,16). The molecule has 0 aliphatic carbocycles. The maximum atomic E-state index is 12.9. The molecule has 104 valence electrons. The number of hydrogen-bond donors (Lipinski definition) is 1. The maximum absolute atomic E-state index is 12.9. The zero-order valence-electron chi connectivity index (χ0n) is 10.1. The zero-order valence-corrected chi connectivity index (χ0v) is 10.1. The van der Waals surface area contributed by atoms with Crippen LogP contribution in [0.5, 0.6) is 5.88 Å². The van der Waals surface area contributed by atoms with Crippen molar-refractivity contribution in [2.24, 2.45) is 0 Å². The molecule has 0 aromatic carbocycles. The average Bonchev–Trinajstić information content (AvgIpc) is 2.92. The summed E-state index contributed by atoms with van der Waals surface area (Å²) in [5.74, 6) is -0.0992. The van der Waals surface area contributed by atoms with Gasteiger partial charge < -0.3 is 19.5 Å². The lowest BCUT2D eigenvalue weighted by molar-refractivity contribution is -0.0501. The van der Waals surface area contributed by atoms with E-state index in [0.29, 0.717) is 13.2 Å². The van der Waals surface area contributed by atoms with Gasteiger partial charge in [-0.2, -0.15) is 0 Å². The summed E-state index contributed by atoms with van der Waals surface area (Å²) in [7, 11) is 1.37. The van der Waals surface area contributed by atoms with E-state index in [0.717, 1.165) is 6.07 Å². The van der Waals surface area contributed by atoms with E-state index < -0.39 is 18.8 Å². The Hall–Kier alpha value is -1.80.